The number of likely N-dealkylation sites (tertiary alicyclic amines) is 1. The van der Waals surface area contributed by atoms with Gasteiger partial charge in [0.15, 0.2) is 0 Å². The Balaban J connectivity index is 2.97. The zero-order valence-corrected chi connectivity index (χ0v) is 12.6. The van der Waals surface area contributed by atoms with Crippen LogP contribution in [0.1, 0.15) is 41.0 Å². The maximum absolute atomic E-state index is 12.4. The number of rotatable bonds is 4. The van der Waals surface area contributed by atoms with Crippen molar-refractivity contribution < 1.29 is 9.59 Å². The van der Waals surface area contributed by atoms with E-state index >= 15 is 0 Å². The lowest BCUT2D eigenvalue weighted by Crippen LogP contribution is -2.45. The van der Waals surface area contributed by atoms with Crippen LogP contribution in [0.2, 0.25) is 0 Å². The number of carbonyl (C=O) groups excluding carboxylic acids is 2. The van der Waals surface area contributed by atoms with Gasteiger partial charge in [-0.3, -0.25) is 14.5 Å². The van der Waals surface area contributed by atoms with Crippen LogP contribution in [0.15, 0.2) is 0 Å². The van der Waals surface area contributed by atoms with Crippen molar-refractivity contribution in [3.63, 3.8) is 0 Å². The van der Waals surface area contributed by atoms with E-state index in [4.69, 9.17) is 18.0 Å². The number of hydrogen-bond donors (Lipinski definition) is 1. The summed E-state index contributed by atoms with van der Waals surface area (Å²) in [6.45, 7) is 9.75. The molecule has 0 bridgehead atoms. The Kier molecular flexibility index (Phi) is 3.86. The van der Waals surface area contributed by atoms with Gasteiger partial charge in [-0.2, -0.15) is 0 Å². The molecule has 5 heteroatoms. The van der Waals surface area contributed by atoms with Gasteiger partial charge in [-0.1, -0.05) is 39.9 Å². The van der Waals surface area contributed by atoms with Crippen LogP contribution in [0.4, 0.5) is 0 Å². The fraction of sp³-hybridized carbons (Fsp3) is 0.769. The lowest BCUT2D eigenvalue weighted by Gasteiger charge is -2.30. The number of amides is 2. The van der Waals surface area contributed by atoms with Gasteiger partial charge in [0.2, 0.25) is 11.8 Å². The molecule has 0 aromatic rings. The summed E-state index contributed by atoms with van der Waals surface area (Å²) in [6.07, 6.45) is 0.275. The Morgan fingerprint density at radius 2 is 2.00 bits per heavy atom. The van der Waals surface area contributed by atoms with Crippen LogP contribution < -0.4 is 5.73 Å². The molecule has 0 spiro atoms. The summed E-state index contributed by atoms with van der Waals surface area (Å²) in [5.41, 5.74) is 4.53. The van der Waals surface area contributed by atoms with Crippen molar-refractivity contribution in [1.82, 2.24) is 4.90 Å². The van der Waals surface area contributed by atoms with Gasteiger partial charge in [0, 0.05) is 18.4 Å². The van der Waals surface area contributed by atoms with Crippen LogP contribution in [0.3, 0.4) is 0 Å². The fourth-order valence-electron chi connectivity index (χ4n) is 1.99. The van der Waals surface area contributed by atoms with Gasteiger partial charge in [-0.05, 0) is 12.8 Å². The Morgan fingerprint density at radius 3 is 2.33 bits per heavy atom. The molecule has 0 aromatic carbocycles. The summed E-state index contributed by atoms with van der Waals surface area (Å²) >= 11 is 4.98. The molecule has 1 rings (SSSR count). The molecule has 1 unspecified atom stereocenters. The molecule has 1 saturated heterocycles. The number of thiocarbonyl (C=S) groups is 1. The Labute approximate surface area is 114 Å². The monoisotopic (exact) mass is 270 g/mol. The van der Waals surface area contributed by atoms with Gasteiger partial charge >= 0.3 is 0 Å². The standard InChI is InChI=1S/C13H22N2O2S/c1-8(2)13(5)6-9(16)15(11(13)17)7-12(3,4)10(14)18/h8H,6-7H2,1-5H3,(H2,14,18). The third kappa shape index (κ3) is 2.41. The second kappa shape index (κ2) is 4.61. The van der Waals surface area contributed by atoms with E-state index in [9.17, 15) is 9.59 Å². The lowest BCUT2D eigenvalue weighted by molar-refractivity contribution is -0.143. The highest BCUT2D eigenvalue weighted by Crippen LogP contribution is 2.40. The first-order chi connectivity index (χ1) is 8.02. The Bertz CT molecular complexity index is 404. The van der Waals surface area contributed by atoms with Crippen molar-refractivity contribution in [1.29, 1.82) is 0 Å². The van der Waals surface area contributed by atoms with Crippen molar-refractivity contribution in [3.05, 3.63) is 0 Å². The van der Waals surface area contributed by atoms with Crippen LogP contribution >= 0.6 is 12.2 Å². The summed E-state index contributed by atoms with van der Waals surface area (Å²) in [7, 11) is 0. The van der Waals surface area contributed by atoms with Crippen molar-refractivity contribution in [3.8, 4) is 0 Å². The summed E-state index contributed by atoms with van der Waals surface area (Å²) in [5, 5.41) is 0. The molecule has 102 valence electrons. The van der Waals surface area contributed by atoms with E-state index in [-0.39, 0.29) is 30.7 Å². The second-order valence-corrected chi connectivity index (χ2v) is 6.72. The van der Waals surface area contributed by atoms with Gasteiger partial charge in [-0.15, -0.1) is 0 Å². The molecule has 1 atom stereocenters. The van der Waals surface area contributed by atoms with Gasteiger partial charge < -0.3 is 5.73 Å². The van der Waals surface area contributed by atoms with E-state index in [1.165, 1.54) is 4.90 Å². The van der Waals surface area contributed by atoms with Gasteiger partial charge in [0.1, 0.15) is 0 Å². The molecule has 18 heavy (non-hydrogen) atoms. The van der Waals surface area contributed by atoms with Gasteiger partial charge in [0.05, 0.1) is 10.4 Å². The zero-order chi connectivity index (χ0) is 14.3. The Morgan fingerprint density at radius 1 is 1.50 bits per heavy atom. The topological polar surface area (TPSA) is 63.4 Å². The molecule has 1 aliphatic rings. The van der Waals surface area contributed by atoms with E-state index in [0.717, 1.165) is 0 Å². The number of nitrogens with two attached hydrogens (primary N) is 1. The molecule has 1 aliphatic heterocycles. The minimum absolute atomic E-state index is 0.105. The fourth-order valence-corrected chi connectivity index (χ4v) is 2.06. The predicted octanol–water partition coefficient (Wildman–Crippen LogP) is 1.72. The SMILES string of the molecule is CC(C)C1(C)CC(=O)N(CC(C)(C)C(N)=S)C1=O. The molecule has 1 heterocycles. The number of carbonyl (C=O) groups is 2. The van der Waals surface area contributed by atoms with Crippen molar-refractivity contribution >= 4 is 29.0 Å². The van der Waals surface area contributed by atoms with Crippen molar-refractivity contribution in [2.24, 2.45) is 22.5 Å². The van der Waals surface area contributed by atoms with Crippen LogP contribution in [0.5, 0.6) is 0 Å². The van der Waals surface area contributed by atoms with E-state index in [2.05, 4.69) is 0 Å². The number of nitrogens with zero attached hydrogens (tertiary/aromatic N) is 1. The van der Waals surface area contributed by atoms with Crippen LogP contribution in [-0.4, -0.2) is 28.2 Å². The number of imide groups is 1. The van der Waals surface area contributed by atoms with Gasteiger partial charge in [-0.25, -0.2) is 0 Å². The van der Waals surface area contributed by atoms with E-state index in [1.807, 2.05) is 34.6 Å². The summed E-state index contributed by atoms with van der Waals surface area (Å²) < 4.78 is 0. The largest absolute Gasteiger partial charge is 0.393 e. The first-order valence-corrected chi connectivity index (χ1v) is 6.58. The summed E-state index contributed by atoms with van der Waals surface area (Å²) in [5.74, 6) is -0.0979. The molecule has 2 N–H and O–H groups in total. The molecule has 0 radical (unpaired) electrons. The molecule has 0 aliphatic carbocycles. The molecule has 1 fully saturated rings. The minimum Gasteiger partial charge on any atom is -0.393 e. The third-order valence-corrected chi connectivity index (χ3v) is 4.60. The molecule has 4 nitrogen and oxygen atoms in total. The quantitative estimate of drug-likeness (QED) is 0.624. The van der Waals surface area contributed by atoms with E-state index < -0.39 is 10.8 Å². The minimum atomic E-state index is -0.594. The van der Waals surface area contributed by atoms with Gasteiger partial charge in [0.25, 0.3) is 0 Å². The molecular formula is C13H22N2O2S. The smallest absolute Gasteiger partial charge is 0.235 e. The van der Waals surface area contributed by atoms with E-state index in [1.54, 1.807) is 0 Å². The van der Waals surface area contributed by atoms with E-state index in [0.29, 0.717) is 4.99 Å². The highest BCUT2D eigenvalue weighted by atomic mass is 32.1. The maximum atomic E-state index is 12.4. The second-order valence-electron chi connectivity index (χ2n) is 6.28. The van der Waals surface area contributed by atoms with Crippen molar-refractivity contribution in [2.45, 2.75) is 41.0 Å². The summed E-state index contributed by atoms with van der Waals surface area (Å²) in [6, 6.07) is 0. The molecule has 0 aromatic heterocycles. The van der Waals surface area contributed by atoms with Crippen molar-refractivity contribution in [2.75, 3.05) is 6.54 Å². The normalized spacial score (nSPS) is 25.1. The van der Waals surface area contributed by atoms with Crippen LogP contribution in [-0.2, 0) is 9.59 Å². The molecule has 2 amide bonds. The van der Waals surface area contributed by atoms with Crippen LogP contribution in [0, 0.1) is 16.7 Å². The average molecular weight is 270 g/mol. The first kappa shape index (κ1) is 15.1. The highest BCUT2D eigenvalue weighted by Gasteiger charge is 2.51. The maximum Gasteiger partial charge on any atom is 0.235 e. The van der Waals surface area contributed by atoms with Crippen LogP contribution in [0.25, 0.3) is 0 Å². The summed E-state index contributed by atoms with van der Waals surface area (Å²) in [4.78, 5) is 26.1. The average Bonchev–Trinajstić information content (AvgIpc) is 2.43. The number of hydrogen-bond acceptors (Lipinski definition) is 3. The molecular weight excluding hydrogens is 248 g/mol. The predicted molar refractivity (Wildman–Crippen MR) is 74.8 cm³/mol. The lowest BCUT2D eigenvalue weighted by atomic mass is 9.78. The molecule has 0 saturated carbocycles. The highest BCUT2D eigenvalue weighted by molar-refractivity contribution is 7.80. The Hall–Kier alpha value is -0.970. The third-order valence-electron chi connectivity index (χ3n) is 4.05. The first-order valence-electron chi connectivity index (χ1n) is 6.17. The zero-order valence-electron chi connectivity index (χ0n) is 11.7.